The number of benzene rings is 1. The van der Waals surface area contributed by atoms with E-state index in [0.29, 0.717) is 12.7 Å². The Balaban J connectivity index is 1.36. The number of ether oxygens (including phenoxy) is 2. The van der Waals surface area contributed by atoms with Crippen molar-refractivity contribution < 1.29 is 18.8 Å². The zero-order valence-electron chi connectivity index (χ0n) is 12.1. The Hall–Kier alpha value is -2.48. The van der Waals surface area contributed by atoms with E-state index in [1.54, 1.807) is 11.0 Å². The van der Waals surface area contributed by atoms with Crippen molar-refractivity contribution in [2.75, 3.05) is 43.7 Å². The van der Waals surface area contributed by atoms with Crippen molar-refractivity contribution in [1.29, 1.82) is 0 Å². The number of anilines is 1. The molecule has 0 saturated carbocycles. The van der Waals surface area contributed by atoms with Crippen molar-refractivity contribution >= 4 is 5.88 Å². The van der Waals surface area contributed by atoms with E-state index in [9.17, 15) is 0 Å². The second-order valence-electron chi connectivity index (χ2n) is 5.44. The molecule has 0 amide bonds. The highest BCUT2D eigenvalue weighted by Crippen LogP contribution is 2.32. The van der Waals surface area contributed by atoms with Crippen LogP contribution in [-0.2, 0) is 6.54 Å². The maximum absolute atomic E-state index is 5.55. The van der Waals surface area contributed by atoms with Crippen molar-refractivity contribution in [3.8, 4) is 11.5 Å². The van der Waals surface area contributed by atoms with E-state index in [1.165, 1.54) is 5.56 Å². The van der Waals surface area contributed by atoms with Gasteiger partial charge in [0.1, 0.15) is 0 Å². The largest absolute Gasteiger partial charge is 0.454 e. The molecule has 8 nitrogen and oxygen atoms in total. The summed E-state index contributed by atoms with van der Waals surface area (Å²) in [5.74, 6) is 1.99. The fraction of sp³-hybridized carbons (Fsp3) is 0.429. The molecule has 1 saturated heterocycles. The quantitative estimate of drug-likeness (QED) is 0.782. The highest BCUT2D eigenvalue weighted by molar-refractivity contribution is 5.44. The first-order valence-electron chi connectivity index (χ1n) is 7.28. The topological polar surface area (TPSA) is 80.9 Å². The van der Waals surface area contributed by atoms with E-state index in [2.05, 4.69) is 27.3 Å². The van der Waals surface area contributed by atoms with Crippen LogP contribution in [0, 0.1) is 0 Å². The predicted molar refractivity (Wildman–Crippen MR) is 76.9 cm³/mol. The number of hydrogen-bond acceptors (Lipinski definition) is 7. The van der Waals surface area contributed by atoms with Gasteiger partial charge >= 0.3 is 0 Å². The Labute approximate surface area is 127 Å². The van der Waals surface area contributed by atoms with Crippen LogP contribution in [0.2, 0.25) is 0 Å². The first kappa shape index (κ1) is 13.2. The van der Waals surface area contributed by atoms with Crippen LogP contribution in [0.25, 0.3) is 0 Å². The molecular weight excluding hydrogens is 286 g/mol. The number of piperazine rings is 1. The fourth-order valence-electron chi connectivity index (χ4n) is 2.78. The molecular formula is C14H18N5O3+. The standard InChI is InChI=1S/C14H18N5O3/c15-14-9-19(16-22-14)18-5-3-17(4-6-18)8-11-1-2-12-13(7-11)21-10-20-12/h1-2,7,9H,3-6,8,10,15H2/q+1. The maximum atomic E-state index is 5.55. The summed E-state index contributed by atoms with van der Waals surface area (Å²) >= 11 is 0. The Bertz CT molecular complexity index is 666. The third-order valence-corrected chi connectivity index (χ3v) is 3.95. The fourth-order valence-corrected chi connectivity index (χ4v) is 2.78. The van der Waals surface area contributed by atoms with E-state index < -0.39 is 0 Å². The summed E-state index contributed by atoms with van der Waals surface area (Å²) in [6.45, 7) is 4.87. The number of rotatable bonds is 3. The molecule has 8 heteroatoms. The summed E-state index contributed by atoms with van der Waals surface area (Å²) < 4.78 is 15.7. The molecule has 22 heavy (non-hydrogen) atoms. The number of fused-ring (bicyclic) bond motifs is 1. The zero-order chi connectivity index (χ0) is 14.9. The molecule has 0 spiro atoms. The minimum atomic E-state index is 0.315. The minimum Gasteiger partial charge on any atom is -0.454 e. The van der Waals surface area contributed by atoms with Crippen LogP contribution in [0.1, 0.15) is 5.56 Å². The number of nitrogens with zero attached hydrogens (tertiary/aromatic N) is 4. The lowest BCUT2D eigenvalue weighted by atomic mass is 10.2. The second-order valence-corrected chi connectivity index (χ2v) is 5.44. The molecule has 0 aliphatic carbocycles. The Morgan fingerprint density at radius 2 is 1.95 bits per heavy atom. The first-order valence-corrected chi connectivity index (χ1v) is 7.28. The van der Waals surface area contributed by atoms with E-state index in [4.69, 9.17) is 19.7 Å². The van der Waals surface area contributed by atoms with Crippen molar-refractivity contribution in [2.24, 2.45) is 0 Å². The van der Waals surface area contributed by atoms with Crippen LogP contribution in [-0.4, -0.2) is 43.1 Å². The Kier molecular flexibility index (Phi) is 3.23. The Morgan fingerprint density at radius 1 is 1.14 bits per heavy atom. The number of hydrogen-bond donors (Lipinski definition) is 1. The van der Waals surface area contributed by atoms with Gasteiger partial charge in [0.25, 0.3) is 12.1 Å². The minimum absolute atomic E-state index is 0.315. The van der Waals surface area contributed by atoms with Crippen molar-refractivity contribution in [3.63, 3.8) is 0 Å². The summed E-state index contributed by atoms with van der Waals surface area (Å²) in [4.78, 5) is 4.07. The van der Waals surface area contributed by atoms with Gasteiger partial charge in [0.05, 0.1) is 17.9 Å². The van der Waals surface area contributed by atoms with E-state index >= 15 is 0 Å². The molecule has 2 aliphatic heterocycles. The summed E-state index contributed by atoms with van der Waals surface area (Å²) in [6.07, 6.45) is 1.69. The van der Waals surface area contributed by atoms with Crippen molar-refractivity contribution in [2.45, 2.75) is 6.54 Å². The van der Waals surface area contributed by atoms with Gasteiger partial charge in [-0.3, -0.25) is 9.42 Å². The lowest BCUT2D eigenvalue weighted by molar-refractivity contribution is -0.759. The van der Waals surface area contributed by atoms with Crippen molar-refractivity contribution in [1.82, 2.24) is 10.2 Å². The van der Waals surface area contributed by atoms with Crippen LogP contribution in [0.15, 0.2) is 28.9 Å². The number of nitrogen functional groups attached to an aromatic ring is 1. The monoisotopic (exact) mass is 304 g/mol. The molecule has 1 fully saturated rings. The van der Waals surface area contributed by atoms with Crippen LogP contribution < -0.4 is 25.0 Å². The van der Waals surface area contributed by atoms with E-state index in [0.717, 1.165) is 44.2 Å². The molecule has 0 bridgehead atoms. The van der Waals surface area contributed by atoms with Crippen LogP contribution in [0.4, 0.5) is 5.88 Å². The Morgan fingerprint density at radius 3 is 2.73 bits per heavy atom. The first-order chi connectivity index (χ1) is 10.8. The van der Waals surface area contributed by atoms with Crippen LogP contribution >= 0.6 is 0 Å². The van der Waals surface area contributed by atoms with Gasteiger partial charge < -0.3 is 15.2 Å². The number of nitrogens with two attached hydrogens (primary N) is 1. The molecule has 0 unspecified atom stereocenters. The highest BCUT2D eigenvalue weighted by atomic mass is 16.7. The second kappa shape index (κ2) is 5.38. The van der Waals surface area contributed by atoms with Gasteiger partial charge in [-0.25, -0.2) is 0 Å². The molecule has 2 N–H and O–H groups in total. The average Bonchev–Trinajstić information content (AvgIpc) is 3.16. The van der Waals surface area contributed by atoms with Gasteiger partial charge in [-0.1, -0.05) is 6.07 Å². The number of aromatic nitrogens is 2. The molecule has 1 aromatic carbocycles. The highest BCUT2D eigenvalue weighted by Gasteiger charge is 2.25. The van der Waals surface area contributed by atoms with Crippen LogP contribution in [0.3, 0.4) is 0 Å². The molecule has 116 valence electrons. The lowest BCUT2D eigenvalue weighted by Crippen LogP contribution is -2.65. The normalized spacial score (nSPS) is 17.9. The van der Waals surface area contributed by atoms with Crippen molar-refractivity contribution in [3.05, 3.63) is 30.0 Å². The molecule has 3 heterocycles. The molecule has 0 radical (unpaired) electrons. The van der Waals surface area contributed by atoms with Gasteiger partial charge in [-0.15, -0.1) is 0 Å². The molecule has 2 aliphatic rings. The molecule has 1 aromatic heterocycles. The average molecular weight is 304 g/mol. The summed E-state index contributed by atoms with van der Waals surface area (Å²) in [5, 5.41) is 5.99. The molecule has 4 rings (SSSR count). The maximum Gasteiger partial charge on any atom is 0.296 e. The van der Waals surface area contributed by atoms with Gasteiger partial charge in [0.15, 0.2) is 11.5 Å². The zero-order valence-corrected chi connectivity index (χ0v) is 12.1. The summed E-state index contributed by atoms with van der Waals surface area (Å²) in [5.41, 5.74) is 6.78. The SMILES string of the molecule is Nc1c[n+](N2CCN(Cc3ccc4c(c3)OCO4)CC2)no1. The van der Waals surface area contributed by atoms with Gasteiger partial charge in [0, 0.05) is 19.6 Å². The van der Waals surface area contributed by atoms with Gasteiger partial charge in [-0.2, -0.15) is 5.01 Å². The predicted octanol–water partition coefficient (Wildman–Crippen LogP) is -0.273. The van der Waals surface area contributed by atoms with Gasteiger partial charge in [-0.05, 0) is 17.7 Å². The summed E-state index contributed by atoms with van der Waals surface area (Å²) in [6, 6.07) is 6.12. The lowest BCUT2D eigenvalue weighted by Gasteiger charge is -2.30. The smallest absolute Gasteiger partial charge is 0.296 e. The van der Waals surface area contributed by atoms with Crippen LogP contribution in [0.5, 0.6) is 11.5 Å². The van der Waals surface area contributed by atoms with E-state index in [1.807, 2.05) is 6.07 Å². The third kappa shape index (κ3) is 2.52. The molecule has 0 atom stereocenters. The van der Waals surface area contributed by atoms with E-state index in [-0.39, 0.29) is 0 Å². The summed E-state index contributed by atoms with van der Waals surface area (Å²) in [7, 11) is 0. The molecule has 2 aromatic rings. The van der Waals surface area contributed by atoms with Gasteiger partial charge in [0.2, 0.25) is 12.1 Å². The third-order valence-electron chi connectivity index (χ3n) is 3.95.